The molecule has 1 fully saturated rings. The molecule has 1 saturated heterocycles. The molecule has 0 aliphatic carbocycles. The molecule has 1 amide bonds. The van der Waals surface area contributed by atoms with Crippen molar-refractivity contribution in [1.82, 2.24) is 5.32 Å². The van der Waals surface area contributed by atoms with E-state index >= 15 is 0 Å². The fourth-order valence-electron chi connectivity index (χ4n) is 3.01. The summed E-state index contributed by atoms with van der Waals surface area (Å²) in [6.07, 6.45) is 20.8. The molecule has 4 N–H and O–H groups in total. The first-order valence-electron chi connectivity index (χ1n) is 11.0. The Morgan fingerprint density at radius 2 is 1.65 bits per heavy atom. The molecular formula is C22H44N2O2. The van der Waals surface area contributed by atoms with E-state index in [-0.39, 0.29) is 12.0 Å². The number of hydrogen-bond donors (Lipinski definition) is 3. The minimum absolute atomic E-state index is 0.160. The van der Waals surface area contributed by atoms with Crippen LogP contribution in [-0.2, 0) is 4.79 Å². The van der Waals surface area contributed by atoms with Crippen molar-refractivity contribution < 1.29 is 9.90 Å². The highest BCUT2D eigenvalue weighted by molar-refractivity contribution is 5.73. The number of aliphatic hydroxyl groups excluding tert-OH is 1. The van der Waals surface area contributed by atoms with Gasteiger partial charge in [-0.3, -0.25) is 4.79 Å². The van der Waals surface area contributed by atoms with Crippen molar-refractivity contribution in [2.45, 2.75) is 109 Å². The topological polar surface area (TPSA) is 75.3 Å². The Morgan fingerprint density at radius 1 is 1.00 bits per heavy atom. The van der Waals surface area contributed by atoms with Gasteiger partial charge in [0.05, 0.1) is 6.10 Å². The summed E-state index contributed by atoms with van der Waals surface area (Å²) >= 11 is 0. The van der Waals surface area contributed by atoms with Gasteiger partial charge in [-0.1, -0.05) is 64.0 Å². The fourth-order valence-corrected chi connectivity index (χ4v) is 3.01. The van der Waals surface area contributed by atoms with Gasteiger partial charge in [0.25, 0.3) is 0 Å². The Labute approximate surface area is 162 Å². The highest BCUT2D eigenvalue weighted by Gasteiger charge is 2.00. The van der Waals surface area contributed by atoms with Crippen LogP contribution in [0.2, 0.25) is 0 Å². The van der Waals surface area contributed by atoms with E-state index in [1.165, 1.54) is 64.5 Å². The molecule has 0 saturated carbocycles. The average Bonchev–Trinajstić information content (AvgIpc) is 3.20. The van der Waals surface area contributed by atoms with Crippen molar-refractivity contribution in [3.8, 4) is 0 Å². The zero-order valence-corrected chi connectivity index (χ0v) is 17.2. The Kier molecular flexibility index (Phi) is 19.8. The molecule has 4 nitrogen and oxygen atoms in total. The number of nitrogens with one attached hydrogen (secondary N) is 1. The minimum Gasteiger partial charge on any atom is -0.393 e. The lowest BCUT2D eigenvalue weighted by Gasteiger charge is -2.07. The van der Waals surface area contributed by atoms with Gasteiger partial charge in [-0.25, -0.2) is 0 Å². The molecule has 1 atom stereocenters. The summed E-state index contributed by atoms with van der Waals surface area (Å²) in [5, 5.41) is 13.0. The SMILES string of the molecule is C1CCNC1.CCCCCC[C@@H](O)C/C=C/CCCCCCCC(N)=O. The molecular weight excluding hydrogens is 324 g/mol. The number of allylic oxidation sites excluding steroid dienone is 1. The fraction of sp³-hybridized carbons (Fsp3) is 0.864. The number of rotatable bonds is 15. The third-order valence-electron chi connectivity index (χ3n) is 4.72. The van der Waals surface area contributed by atoms with Crippen molar-refractivity contribution in [1.29, 1.82) is 0 Å². The first-order chi connectivity index (χ1) is 12.7. The van der Waals surface area contributed by atoms with E-state index in [0.29, 0.717) is 6.42 Å². The molecule has 0 unspecified atom stereocenters. The summed E-state index contributed by atoms with van der Waals surface area (Å²) in [5.41, 5.74) is 5.09. The van der Waals surface area contributed by atoms with Crippen LogP contribution in [0.4, 0.5) is 0 Å². The third kappa shape index (κ3) is 21.2. The van der Waals surface area contributed by atoms with E-state index in [4.69, 9.17) is 5.73 Å². The van der Waals surface area contributed by atoms with Crippen LogP contribution in [0.1, 0.15) is 103 Å². The molecule has 1 rings (SSSR count). The van der Waals surface area contributed by atoms with Crippen molar-refractivity contribution in [3.05, 3.63) is 12.2 Å². The molecule has 154 valence electrons. The van der Waals surface area contributed by atoms with Crippen LogP contribution in [0, 0.1) is 0 Å². The van der Waals surface area contributed by atoms with Crippen LogP contribution in [0.25, 0.3) is 0 Å². The van der Waals surface area contributed by atoms with Crippen molar-refractivity contribution in [2.75, 3.05) is 13.1 Å². The molecule has 0 aromatic heterocycles. The first-order valence-corrected chi connectivity index (χ1v) is 11.0. The standard InChI is InChI=1S/C18H35NO2.C4H9N/c1-2-3-4-11-14-17(20)15-12-9-7-5-6-8-10-13-16-18(19)21;1-2-4-5-3-1/h9,12,17,20H,2-8,10-11,13-16H2,1H3,(H2,19,21);5H,1-4H2/b12-9+;/t17-;/m1./s1. The molecule has 0 aromatic carbocycles. The monoisotopic (exact) mass is 368 g/mol. The lowest BCUT2D eigenvalue weighted by Crippen LogP contribution is -2.09. The van der Waals surface area contributed by atoms with Crippen LogP contribution < -0.4 is 11.1 Å². The second-order valence-electron chi connectivity index (χ2n) is 7.44. The Bertz CT molecular complexity index is 320. The lowest BCUT2D eigenvalue weighted by atomic mass is 10.1. The van der Waals surface area contributed by atoms with Gasteiger partial charge in [-0.2, -0.15) is 0 Å². The first kappa shape index (κ1) is 25.1. The van der Waals surface area contributed by atoms with E-state index < -0.39 is 0 Å². The van der Waals surface area contributed by atoms with Crippen LogP contribution in [0.5, 0.6) is 0 Å². The van der Waals surface area contributed by atoms with Gasteiger partial charge in [0.2, 0.25) is 5.91 Å². The van der Waals surface area contributed by atoms with Gasteiger partial charge in [0.15, 0.2) is 0 Å². The number of amides is 1. The van der Waals surface area contributed by atoms with Crippen molar-refractivity contribution in [2.24, 2.45) is 5.73 Å². The number of primary amides is 1. The minimum atomic E-state index is -0.189. The molecule has 26 heavy (non-hydrogen) atoms. The van der Waals surface area contributed by atoms with E-state index in [9.17, 15) is 9.90 Å². The number of unbranched alkanes of at least 4 members (excludes halogenated alkanes) is 8. The van der Waals surface area contributed by atoms with Crippen LogP contribution >= 0.6 is 0 Å². The van der Waals surface area contributed by atoms with Crippen LogP contribution in [-0.4, -0.2) is 30.2 Å². The van der Waals surface area contributed by atoms with Gasteiger partial charge in [0, 0.05) is 6.42 Å². The number of carbonyl (C=O) groups is 1. The smallest absolute Gasteiger partial charge is 0.217 e. The summed E-state index contributed by atoms with van der Waals surface area (Å²) in [4.78, 5) is 10.6. The summed E-state index contributed by atoms with van der Waals surface area (Å²) < 4.78 is 0. The third-order valence-corrected chi connectivity index (χ3v) is 4.72. The number of nitrogens with two attached hydrogens (primary N) is 1. The van der Waals surface area contributed by atoms with Crippen molar-refractivity contribution >= 4 is 5.91 Å². The number of hydrogen-bond acceptors (Lipinski definition) is 3. The molecule has 4 heteroatoms. The molecule has 1 aliphatic heterocycles. The van der Waals surface area contributed by atoms with Gasteiger partial charge in [-0.05, 0) is 58.0 Å². The molecule has 1 aliphatic rings. The van der Waals surface area contributed by atoms with Crippen LogP contribution in [0.3, 0.4) is 0 Å². The molecule has 0 bridgehead atoms. The predicted molar refractivity (Wildman–Crippen MR) is 112 cm³/mol. The number of aliphatic hydroxyl groups is 1. The Morgan fingerprint density at radius 3 is 2.27 bits per heavy atom. The summed E-state index contributed by atoms with van der Waals surface area (Å²) in [7, 11) is 0. The van der Waals surface area contributed by atoms with E-state index in [0.717, 1.165) is 38.5 Å². The molecule has 1 heterocycles. The Balaban J connectivity index is 0.00000106. The molecule has 0 radical (unpaired) electrons. The van der Waals surface area contributed by atoms with Gasteiger partial charge in [0.1, 0.15) is 0 Å². The zero-order chi connectivity index (χ0) is 19.3. The maximum Gasteiger partial charge on any atom is 0.217 e. The van der Waals surface area contributed by atoms with E-state index in [1.54, 1.807) is 0 Å². The Hall–Kier alpha value is -0.870. The van der Waals surface area contributed by atoms with Gasteiger partial charge in [-0.15, -0.1) is 0 Å². The van der Waals surface area contributed by atoms with Gasteiger partial charge >= 0.3 is 0 Å². The van der Waals surface area contributed by atoms with E-state index in [2.05, 4.69) is 24.4 Å². The summed E-state index contributed by atoms with van der Waals surface area (Å²) in [6, 6.07) is 0. The number of carbonyl (C=O) groups excluding carboxylic acids is 1. The summed E-state index contributed by atoms with van der Waals surface area (Å²) in [5.74, 6) is -0.189. The second kappa shape index (κ2) is 20.4. The molecule has 0 spiro atoms. The maximum atomic E-state index is 10.6. The largest absolute Gasteiger partial charge is 0.393 e. The highest BCUT2D eigenvalue weighted by Crippen LogP contribution is 2.10. The predicted octanol–water partition coefficient (Wildman–Crippen LogP) is 4.85. The quantitative estimate of drug-likeness (QED) is 0.286. The lowest BCUT2D eigenvalue weighted by molar-refractivity contribution is -0.118. The van der Waals surface area contributed by atoms with Crippen LogP contribution in [0.15, 0.2) is 12.2 Å². The van der Waals surface area contributed by atoms with Crippen molar-refractivity contribution in [3.63, 3.8) is 0 Å². The zero-order valence-electron chi connectivity index (χ0n) is 17.2. The van der Waals surface area contributed by atoms with Gasteiger partial charge < -0.3 is 16.2 Å². The second-order valence-corrected chi connectivity index (χ2v) is 7.44. The summed E-state index contributed by atoms with van der Waals surface area (Å²) in [6.45, 7) is 4.71. The van der Waals surface area contributed by atoms with E-state index in [1.807, 2.05) is 0 Å². The maximum absolute atomic E-state index is 10.6. The average molecular weight is 369 g/mol. The highest BCUT2D eigenvalue weighted by atomic mass is 16.3. The molecule has 0 aromatic rings. The normalized spacial score (nSPS) is 15.0.